The molecule has 1 fully saturated rings. The number of rotatable bonds is 4. The van der Waals surface area contributed by atoms with Crippen LogP contribution in [0, 0.1) is 17.6 Å². The van der Waals surface area contributed by atoms with Gasteiger partial charge >= 0.3 is 0 Å². The number of aromatic nitrogens is 2. The molecule has 1 heterocycles. The van der Waals surface area contributed by atoms with Gasteiger partial charge in [0.15, 0.2) is 11.6 Å². The highest BCUT2D eigenvalue weighted by atomic mass is 35.5. The Morgan fingerprint density at radius 2 is 1.68 bits per heavy atom. The van der Waals surface area contributed by atoms with Crippen molar-refractivity contribution < 1.29 is 13.9 Å². The van der Waals surface area contributed by atoms with Gasteiger partial charge in [0.1, 0.15) is 5.82 Å². The monoisotopic (exact) mass is 404 g/mol. The summed E-state index contributed by atoms with van der Waals surface area (Å²) in [7, 11) is 0. The van der Waals surface area contributed by atoms with Crippen molar-refractivity contribution in [3.63, 3.8) is 0 Å². The second-order valence-electron chi connectivity index (χ2n) is 7.57. The fourth-order valence-electron chi connectivity index (χ4n) is 4.37. The van der Waals surface area contributed by atoms with E-state index in [9.17, 15) is 13.9 Å². The standard InChI is InChI=1S/C22H23ClF2N2O/c23-16-9-7-15(8-10-16)22-26-19-11-17(24)18(25)12-20(19)27(22)21(13-28)14-5-3-1-2-4-6-14/h7-12,14,21,28H,1-6,13H2. The summed E-state index contributed by atoms with van der Waals surface area (Å²) in [5, 5.41) is 10.9. The maximum absolute atomic E-state index is 14.1. The molecular formula is C22H23ClF2N2O. The fourth-order valence-corrected chi connectivity index (χ4v) is 4.49. The maximum atomic E-state index is 14.1. The Morgan fingerprint density at radius 1 is 1.04 bits per heavy atom. The highest BCUT2D eigenvalue weighted by Crippen LogP contribution is 2.37. The molecule has 1 N–H and O–H groups in total. The molecule has 0 bridgehead atoms. The molecular weight excluding hydrogens is 382 g/mol. The molecule has 1 atom stereocenters. The summed E-state index contributed by atoms with van der Waals surface area (Å²) < 4.78 is 29.8. The van der Waals surface area contributed by atoms with Gasteiger partial charge in [-0.05, 0) is 43.0 Å². The van der Waals surface area contributed by atoms with Gasteiger partial charge in [-0.25, -0.2) is 13.8 Å². The lowest BCUT2D eigenvalue weighted by atomic mass is 9.91. The second kappa shape index (κ2) is 8.18. The summed E-state index contributed by atoms with van der Waals surface area (Å²) in [6, 6.07) is 9.29. The summed E-state index contributed by atoms with van der Waals surface area (Å²) in [6.07, 6.45) is 6.65. The Hall–Kier alpha value is -1.98. The zero-order valence-corrected chi connectivity index (χ0v) is 16.3. The molecule has 4 rings (SSSR count). The van der Waals surface area contributed by atoms with E-state index in [0.717, 1.165) is 37.3 Å². The summed E-state index contributed by atoms with van der Waals surface area (Å²) in [6.45, 7) is -0.0737. The molecule has 0 spiro atoms. The molecule has 1 aliphatic carbocycles. The SMILES string of the molecule is OCC(C1CCCCCC1)n1c(-c2ccc(Cl)cc2)nc2cc(F)c(F)cc21. The largest absolute Gasteiger partial charge is 0.394 e. The number of benzene rings is 2. The van der Waals surface area contributed by atoms with E-state index in [1.807, 2.05) is 16.7 Å². The highest BCUT2D eigenvalue weighted by Gasteiger charge is 2.28. The van der Waals surface area contributed by atoms with Gasteiger partial charge in [0.05, 0.1) is 23.7 Å². The van der Waals surface area contributed by atoms with Crippen LogP contribution in [0.2, 0.25) is 5.02 Å². The maximum Gasteiger partial charge on any atom is 0.161 e. The number of hydrogen-bond donors (Lipinski definition) is 1. The first-order valence-electron chi connectivity index (χ1n) is 9.82. The van der Waals surface area contributed by atoms with E-state index in [1.54, 1.807) is 12.1 Å². The van der Waals surface area contributed by atoms with Gasteiger partial charge in [0, 0.05) is 22.7 Å². The Balaban J connectivity index is 1.91. The van der Waals surface area contributed by atoms with Crippen LogP contribution >= 0.6 is 11.6 Å². The minimum absolute atomic E-state index is 0.0737. The molecule has 1 aliphatic rings. The Bertz CT molecular complexity index is 963. The average Bonchev–Trinajstić information content (AvgIpc) is 2.86. The van der Waals surface area contributed by atoms with Crippen LogP contribution in [0.15, 0.2) is 36.4 Å². The van der Waals surface area contributed by atoms with E-state index in [4.69, 9.17) is 11.6 Å². The molecule has 1 unspecified atom stereocenters. The molecule has 3 nitrogen and oxygen atoms in total. The Kier molecular flexibility index (Phi) is 5.65. The molecule has 0 radical (unpaired) electrons. The number of nitrogens with zero attached hydrogens (tertiary/aromatic N) is 2. The van der Waals surface area contributed by atoms with Crippen molar-refractivity contribution in [2.45, 2.75) is 44.6 Å². The van der Waals surface area contributed by atoms with Crippen molar-refractivity contribution in [1.29, 1.82) is 0 Å². The summed E-state index contributed by atoms with van der Waals surface area (Å²) >= 11 is 6.02. The third-order valence-electron chi connectivity index (χ3n) is 5.80. The topological polar surface area (TPSA) is 38.0 Å². The number of aliphatic hydroxyl groups is 1. The first-order valence-corrected chi connectivity index (χ1v) is 10.2. The van der Waals surface area contributed by atoms with Gasteiger partial charge in [-0.15, -0.1) is 0 Å². The molecule has 2 aromatic carbocycles. The lowest BCUT2D eigenvalue weighted by Crippen LogP contribution is -2.23. The molecule has 1 aromatic heterocycles. The highest BCUT2D eigenvalue weighted by molar-refractivity contribution is 6.30. The van der Waals surface area contributed by atoms with Gasteiger partial charge in [0.2, 0.25) is 0 Å². The first-order chi connectivity index (χ1) is 13.6. The van der Waals surface area contributed by atoms with E-state index in [1.165, 1.54) is 18.9 Å². The minimum atomic E-state index is -0.921. The first kappa shape index (κ1) is 19.3. The normalized spacial score (nSPS) is 17.0. The molecule has 1 saturated carbocycles. The van der Waals surface area contributed by atoms with E-state index < -0.39 is 11.6 Å². The predicted octanol–water partition coefficient (Wildman–Crippen LogP) is 6.14. The van der Waals surface area contributed by atoms with Gasteiger partial charge < -0.3 is 9.67 Å². The molecule has 0 saturated heterocycles. The third kappa shape index (κ3) is 3.65. The lowest BCUT2D eigenvalue weighted by molar-refractivity contribution is 0.172. The van der Waals surface area contributed by atoms with Crippen LogP contribution in [0.25, 0.3) is 22.4 Å². The molecule has 148 valence electrons. The van der Waals surface area contributed by atoms with Crippen molar-refractivity contribution in [3.8, 4) is 11.4 Å². The van der Waals surface area contributed by atoms with E-state index in [2.05, 4.69) is 4.98 Å². The second-order valence-corrected chi connectivity index (χ2v) is 8.01. The van der Waals surface area contributed by atoms with Gasteiger partial charge in [-0.3, -0.25) is 0 Å². The van der Waals surface area contributed by atoms with Crippen molar-refractivity contribution in [2.24, 2.45) is 5.92 Å². The van der Waals surface area contributed by atoms with Crippen LogP contribution in [0.4, 0.5) is 8.78 Å². The molecule has 28 heavy (non-hydrogen) atoms. The van der Waals surface area contributed by atoms with Gasteiger partial charge in [-0.2, -0.15) is 0 Å². The summed E-state index contributed by atoms with van der Waals surface area (Å²) in [4.78, 5) is 4.60. The number of fused-ring (bicyclic) bond motifs is 1. The zero-order valence-electron chi connectivity index (χ0n) is 15.5. The van der Waals surface area contributed by atoms with Crippen LogP contribution in [-0.2, 0) is 0 Å². The van der Waals surface area contributed by atoms with E-state index in [0.29, 0.717) is 21.9 Å². The fraction of sp³-hybridized carbons (Fsp3) is 0.409. The van der Waals surface area contributed by atoms with E-state index in [-0.39, 0.29) is 18.6 Å². The molecule has 3 aromatic rings. The molecule has 0 amide bonds. The minimum Gasteiger partial charge on any atom is -0.394 e. The zero-order chi connectivity index (χ0) is 19.7. The summed E-state index contributed by atoms with van der Waals surface area (Å²) in [5.74, 6) is -0.965. The predicted molar refractivity (Wildman–Crippen MR) is 107 cm³/mol. The smallest absolute Gasteiger partial charge is 0.161 e. The number of halogens is 3. The number of aliphatic hydroxyl groups excluding tert-OH is 1. The van der Waals surface area contributed by atoms with Gasteiger partial charge in [-0.1, -0.05) is 37.3 Å². The van der Waals surface area contributed by atoms with Gasteiger partial charge in [0.25, 0.3) is 0 Å². The quantitative estimate of drug-likeness (QED) is 0.530. The number of hydrogen-bond acceptors (Lipinski definition) is 2. The van der Waals surface area contributed by atoms with Crippen molar-refractivity contribution in [2.75, 3.05) is 6.61 Å². The number of imidazole rings is 1. The summed E-state index contributed by atoms with van der Waals surface area (Å²) in [5.41, 5.74) is 1.69. The van der Waals surface area contributed by atoms with Crippen LogP contribution in [-0.4, -0.2) is 21.3 Å². The van der Waals surface area contributed by atoms with Crippen molar-refractivity contribution in [3.05, 3.63) is 53.1 Å². The third-order valence-corrected chi connectivity index (χ3v) is 6.05. The van der Waals surface area contributed by atoms with Crippen LogP contribution in [0.5, 0.6) is 0 Å². The van der Waals surface area contributed by atoms with Crippen LogP contribution in [0.1, 0.15) is 44.6 Å². The van der Waals surface area contributed by atoms with Crippen molar-refractivity contribution in [1.82, 2.24) is 9.55 Å². The average molecular weight is 405 g/mol. The van der Waals surface area contributed by atoms with Crippen LogP contribution < -0.4 is 0 Å². The van der Waals surface area contributed by atoms with Crippen molar-refractivity contribution >= 4 is 22.6 Å². The van der Waals surface area contributed by atoms with Crippen LogP contribution in [0.3, 0.4) is 0 Å². The molecule has 0 aliphatic heterocycles. The van der Waals surface area contributed by atoms with E-state index >= 15 is 0 Å². The lowest BCUT2D eigenvalue weighted by Gasteiger charge is -2.28. The Morgan fingerprint density at radius 3 is 2.32 bits per heavy atom. The molecule has 6 heteroatoms. The Labute approximate surface area is 168 Å².